The third kappa shape index (κ3) is 75.5. The number of hydrogen-bond donors (Lipinski definition) is 7. The molecule has 0 heterocycles. The Morgan fingerprint density at radius 2 is 0.750 bits per heavy atom. The monoisotopic (exact) mass is 179 g/mol. The van der Waals surface area contributed by atoms with Crippen molar-refractivity contribution in [3.05, 3.63) is 0 Å². The van der Waals surface area contributed by atoms with Gasteiger partial charge in [-0.05, 0) is 0 Å². The van der Waals surface area contributed by atoms with Gasteiger partial charge in [0.15, 0.2) is 5.96 Å². The summed E-state index contributed by atoms with van der Waals surface area (Å²) >= 11 is 0. The van der Waals surface area contributed by atoms with Crippen molar-refractivity contribution < 1.29 is 9.59 Å². The van der Waals surface area contributed by atoms with Crippen LogP contribution in [0, 0.1) is 5.41 Å². The highest BCUT2D eigenvalue weighted by molar-refractivity contribution is 5.71. The number of urea groups is 2. The van der Waals surface area contributed by atoms with Gasteiger partial charge >= 0.3 is 12.1 Å². The number of carbonyl (C=O) groups excluding carboxylic acids is 2. The molecular weight excluding hydrogens is 166 g/mol. The van der Waals surface area contributed by atoms with Crippen molar-refractivity contribution in [2.45, 2.75) is 0 Å². The van der Waals surface area contributed by atoms with Gasteiger partial charge in [0, 0.05) is 0 Å². The predicted molar refractivity (Wildman–Crippen MR) is 43.6 cm³/mol. The first-order chi connectivity index (χ1) is 5.20. The summed E-state index contributed by atoms with van der Waals surface area (Å²) in [6.45, 7) is 0. The van der Waals surface area contributed by atoms with E-state index in [9.17, 15) is 0 Å². The Morgan fingerprint density at radius 3 is 0.750 bits per heavy atom. The van der Waals surface area contributed by atoms with E-state index in [-0.39, 0.29) is 5.96 Å². The lowest BCUT2D eigenvalue weighted by molar-refractivity contribution is 0.255. The van der Waals surface area contributed by atoms with Gasteiger partial charge in [0.2, 0.25) is 0 Å². The van der Waals surface area contributed by atoms with E-state index >= 15 is 0 Å². The summed E-state index contributed by atoms with van der Waals surface area (Å²) in [6.07, 6.45) is 0. The summed E-state index contributed by atoms with van der Waals surface area (Å²) in [5, 5.41) is 6.06. The number of nitrogens with one attached hydrogen (secondary N) is 1. The molecule has 12 heavy (non-hydrogen) atoms. The topological polar surface area (TPSA) is 214 Å². The van der Waals surface area contributed by atoms with Crippen LogP contribution in [0.5, 0.6) is 0 Å². The summed E-state index contributed by atoms with van der Waals surface area (Å²) < 4.78 is 0. The molecular formula is C3H13N7O2. The van der Waals surface area contributed by atoms with Crippen LogP contribution in [0.1, 0.15) is 0 Å². The second-order valence-corrected chi connectivity index (χ2v) is 1.26. The Bertz CT molecular complexity index is 114. The number of guanidine groups is 1. The number of hydrogen-bond acceptors (Lipinski definition) is 3. The number of primary amides is 4. The van der Waals surface area contributed by atoms with Gasteiger partial charge in [-0.1, -0.05) is 0 Å². The van der Waals surface area contributed by atoms with Crippen LogP contribution in [-0.4, -0.2) is 18.0 Å². The van der Waals surface area contributed by atoms with Crippen LogP contribution in [0.15, 0.2) is 0 Å². The average molecular weight is 179 g/mol. The molecule has 4 amide bonds. The van der Waals surface area contributed by atoms with E-state index in [0.717, 1.165) is 0 Å². The molecule has 0 saturated heterocycles. The van der Waals surface area contributed by atoms with Gasteiger partial charge in [-0.15, -0.1) is 0 Å². The minimum atomic E-state index is -0.833. The fourth-order valence-electron chi connectivity index (χ4n) is 0. The number of rotatable bonds is 0. The minimum absolute atomic E-state index is 0.333. The molecule has 0 radical (unpaired) electrons. The maximum atomic E-state index is 9.00. The first kappa shape index (κ1) is 16.4. The second kappa shape index (κ2) is 11.6. The molecule has 0 aromatic carbocycles. The Hall–Kier alpha value is -2.19. The van der Waals surface area contributed by atoms with Crippen molar-refractivity contribution in [3.8, 4) is 0 Å². The van der Waals surface area contributed by atoms with Crippen molar-refractivity contribution in [2.24, 2.45) is 34.4 Å². The molecule has 0 unspecified atom stereocenters. The Morgan fingerprint density at radius 1 is 0.750 bits per heavy atom. The molecule has 0 aromatic heterocycles. The van der Waals surface area contributed by atoms with Crippen LogP contribution < -0.4 is 34.4 Å². The fraction of sp³-hybridized carbons (Fsp3) is 0. The number of carbonyl (C=O) groups is 2. The van der Waals surface area contributed by atoms with E-state index in [2.05, 4.69) is 34.4 Å². The SMILES string of the molecule is N=C(N)N.NC(N)=O.NC(N)=O. The molecule has 0 aliphatic rings. The van der Waals surface area contributed by atoms with Crippen molar-refractivity contribution in [1.82, 2.24) is 0 Å². The third-order valence-electron chi connectivity index (χ3n) is 0. The maximum Gasteiger partial charge on any atom is 0.309 e. The quantitative estimate of drug-likeness (QED) is 0.152. The van der Waals surface area contributed by atoms with Crippen LogP contribution in [0.2, 0.25) is 0 Å². The van der Waals surface area contributed by atoms with E-state index in [1.807, 2.05) is 0 Å². The largest absolute Gasteiger partial charge is 0.370 e. The van der Waals surface area contributed by atoms with Crippen LogP contribution in [0.4, 0.5) is 9.59 Å². The fourth-order valence-corrected chi connectivity index (χ4v) is 0. The van der Waals surface area contributed by atoms with Crippen molar-refractivity contribution in [3.63, 3.8) is 0 Å². The maximum absolute atomic E-state index is 9.00. The average Bonchev–Trinajstić information content (AvgIpc) is 1.54. The van der Waals surface area contributed by atoms with E-state index in [0.29, 0.717) is 0 Å². The summed E-state index contributed by atoms with van der Waals surface area (Å²) in [4.78, 5) is 18.0. The van der Waals surface area contributed by atoms with Gasteiger partial charge in [-0.25, -0.2) is 9.59 Å². The molecule has 0 atom stereocenters. The van der Waals surface area contributed by atoms with Crippen LogP contribution in [0.25, 0.3) is 0 Å². The summed E-state index contributed by atoms with van der Waals surface area (Å²) in [5.41, 5.74) is 25.9. The molecule has 0 rings (SSSR count). The van der Waals surface area contributed by atoms with Gasteiger partial charge in [0.1, 0.15) is 0 Å². The Balaban J connectivity index is -0.000000101. The third-order valence-corrected chi connectivity index (χ3v) is 0. The highest BCUT2D eigenvalue weighted by Crippen LogP contribution is 1.26. The first-order valence-electron chi connectivity index (χ1n) is 2.39. The van der Waals surface area contributed by atoms with E-state index in [1.165, 1.54) is 0 Å². The van der Waals surface area contributed by atoms with Crippen molar-refractivity contribution >= 4 is 18.0 Å². The van der Waals surface area contributed by atoms with Gasteiger partial charge in [0.05, 0.1) is 0 Å². The molecule has 0 spiro atoms. The molecule has 0 aliphatic carbocycles. The molecule has 9 nitrogen and oxygen atoms in total. The lowest BCUT2D eigenvalue weighted by Gasteiger charge is -1.69. The van der Waals surface area contributed by atoms with Gasteiger partial charge in [-0.2, -0.15) is 0 Å². The molecule has 9 heteroatoms. The molecule has 72 valence electrons. The van der Waals surface area contributed by atoms with E-state index < -0.39 is 12.1 Å². The Labute approximate surface area is 68.5 Å². The van der Waals surface area contributed by atoms with Gasteiger partial charge < -0.3 is 34.4 Å². The molecule has 0 bridgehead atoms. The summed E-state index contributed by atoms with van der Waals surface area (Å²) in [7, 11) is 0. The lowest BCUT2D eigenvalue weighted by atomic mass is 11.1. The normalized spacial score (nSPS) is 6.00. The molecule has 0 saturated carbocycles. The van der Waals surface area contributed by atoms with Gasteiger partial charge in [-0.3, -0.25) is 5.41 Å². The number of amides is 4. The Kier molecular flexibility index (Phi) is 15.9. The van der Waals surface area contributed by atoms with E-state index in [1.54, 1.807) is 0 Å². The van der Waals surface area contributed by atoms with Crippen LogP contribution in [-0.2, 0) is 0 Å². The second-order valence-electron chi connectivity index (χ2n) is 1.26. The zero-order valence-electron chi connectivity index (χ0n) is 6.28. The zero-order valence-corrected chi connectivity index (χ0v) is 6.28. The minimum Gasteiger partial charge on any atom is -0.370 e. The summed E-state index contributed by atoms with van der Waals surface area (Å²) in [5.74, 6) is -0.333. The lowest BCUT2D eigenvalue weighted by Crippen LogP contribution is -2.20. The number of nitrogens with two attached hydrogens (primary N) is 6. The molecule has 0 fully saturated rings. The summed E-state index contributed by atoms with van der Waals surface area (Å²) in [6, 6.07) is -1.67. The van der Waals surface area contributed by atoms with Gasteiger partial charge in [0.25, 0.3) is 0 Å². The predicted octanol–water partition coefficient (Wildman–Crippen LogP) is -3.11. The van der Waals surface area contributed by atoms with E-state index in [4.69, 9.17) is 15.0 Å². The molecule has 13 N–H and O–H groups in total. The first-order valence-corrected chi connectivity index (χ1v) is 2.39. The van der Waals surface area contributed by atoms with Crippen LogP contribution in [0.3, 0.4) is 0 Å². The standard InChI is InChI=1S/CH5N3.2CH4N2O/c3*2-1(3)4/h(H5,2,3,4);2*(H4,2,3,4). The smallest absolute Gasteiger partial charge is 0.309 e. The molecule has 0 aliphatic heterocycles. The van der Waals surface area contributed by atoms with Crippen LogP contribution >= 0.6 is 0 Å². The highest BCUT2D eigenvalue weighted by Gasteiger charge is 1.61. The van der Waals surface area contributed by atoms with Crippen molar-refractivity contribution in [2.75, 3.05) is 0 Å². The zero-order chi connectivity index (χ0) is 10.7. The highest BCUT2D eigenvalue weighted by atomic mass is 16.2. The molecule has 0 aromatic rings. The van der Waals surface area contributed by atoms with Crippen molar-refractivity contribution in [1.29, 1.82) is 5.41 Å².